The average Bonchev–Trinajstić information content (AvgIpc) is 3.38. The van der Waals surface area contributed by atoms with Gasteiger partial charge in [-0.2, -0.15) is 0 Å². The van der Waals surface area contributed by atoms with Crippen LogP contribution in [0.4, 0.5) is 0 Å². The molecule has 0 nitrogen and oxygen atoms in total. The van der Waals surface area contributed by atoms with Crippen molar-refractivity contribution in [1.29, 1.82) is 0 Å². The summed E-state index contributed by atoms with van der Waals surface area (Å²) in [6, 6.07) is 12.4. The number of allylic oxidation sites excluding steroid dienone is 4. The van der Waals surface area contributed by atoms with E-state index < -0.39 is 17.4 Å². The van der Waals surface area contributed by atoms with E-state index in [1.165, 1.54) is 31.4 Å². The molecule has 0 saturated carbocycles. The third kappa shape index (κ3) is 5.95. The number of hydrogen-bond donors (Lipinski definition) is 0. The molecule has 0 fully saturated rings. The summed E-state index contributed by atoms with van der Waals surface area (Å²) in [7, 11) is 0. The van der Waals surface area contributed by atoms with Crippen LogP contribution in [-0.4, -0.2) is 6.88 Å². The second-order valence-corrected chi connectivity index (χ2v) is 39.4. The Labute approximate surface area is 248 Å². The molecule has 2 aromatic carbocycles. The Bertz CT molecular complexity index is 1300. The van der Waals surface area contributed by atoms with Gasteiger partial charge in [0.25, 0.3) is 0 Å². The monoisotopic (exact) mass is 648 g/mol. The fraction of sp³-hybridized carbons (Fsp3) is 0.529. The molecule has 0 amide bonds. The summed E-state index contributed by atoms with van der Waals surface area (Å²) in [5.41, 5.74) is 9.66. The first kappa shape index (κ1) is 33.8. The third-order valence-electron chi connectivity index (χ3n) is 8.82. The molecule has 0 heterocycles. The molecule has 0 radical (unpaired) electrons. The smallest absolute Gasteiger partial charge is 0.147 e. The van der Waals surface area contributed by atoms with Gasteiger partial charge < -0.3 is 0 Å². The molecule has 2 aliphatic rings. The Hall–Kier alpha value is -0.400. The van der Waals surface area contributed by atoms with Gasteiger partial charge in [-0.05, 0) is 0 Å². The van der Waals surface area contributed by atoms with E-state index in [1.54, 1.807) is 16.7 Å². The number of rotatable bonds is 6. The molecule has 4 heteroatoms. The van der Waals surface area contributed by atoms with Crippen molar-refractivity contribution >= 4 is 35.0 Å². The third-order valence-corrected chi connectivity index (χ3v) is 35.5. The van der Waals surface area contributed by atoms with Crippen molar-refractivity contribution < 1.29 is 17.4 Å². The summed E-state index contributed by atoms with van der Waals surface area (Å²) in [6.07, 6.45) is 9.63. The normalized spacial score (nSPS) is 15.2. The standard InChI is InChI=1S/C21H25.C5H5.2C4H9.2ClH.H2Si.Zr/c1-20(2,3)16-7-9-18-14(12-16)11-15-13-17(21(4,5)6)8-10-19(15)18;1-2-4-5-3-1;2*1-4(2)3;;;;/h7-10,12H,11H2,1-6H3;1-3H,4H2;2*4H,1H2,2-3H3;2*1H;1H2;. The molecule has 2 aliphatic carbocycles. The number of fused-ring (bicyclic) bond motifs is 3. The van der Waals surface area contributed by atoms with Crippen LogP contribution in [0.2, 0.25) is 8.26 Å². The molecule has 210 valence electrons. The maximum Gasteiger partial charge on any atom is -0.147 e. The van der Waals surface area contributed by atoms with E-state index in [0.29, 0.717) is 11.8 Å². The van der Waals surface area contributed by atoms with Crippen molar-refractivity contribution in [2.24, 2.45) is 11.8 Å². The summed E-state index contributed by atoms with van der Waals surface area (Å²) in [5.74, 6) is 1.40. The predicted octanol–water partition coefficient (Wildman–Crippen LogP) is 9.55. The van der Waals surface area contributed by atoms with Gasteiger partial charge in [0, 0.05) is 0 Å². The van der Waals surface area contributed by atoms with Crippen molar-refractivity contribution in [1.82, 2.24) is 0 Å². The van der Waals surface area contributed by atoms with E-state index >= 15 is 0 Å². The fourth-order valence-electron chi connectivity index (χ4n) is 7.73. The minimum Gasteiger partial charge on any atom is -0.147 e. The molecule has 0 unspecified atom stereocenters. The Balaban J connectivity index is 0.00000253. The molecule has 2 aromatic rings. The molecular formula is C34H52Cl2SiZr. The topological polar surface area (TPSA) is 0 Å². The number of halogens is 2. The Kier molecular flexibility index (Phi) is 10.2. The molecule has 0 aliphatic heterocycles. The Morgan fingerprint density at radius 1 is 0.816 bits per heavy atom. The quantitative estimate of drug-likeness (QED) is 0.233. The van der Waals surface area contributed by atoms with Gasteiger partial charge in [0.15, 0.2) is 0 Å². The minimum absolute atomic E-state index is 0. The maximum atomic E-state index is 2.56. The van der Waals surface area contributed by atoms with Crippen molar-refractivity contribution in [3.63, 3.8) is 0 Å². The number of benzene rings is 2. The van der Waals surface area contributed by atoms with Crippen molar-refractivity contribution in [3.8, 4) is 11.1 Å². The first-order valence-electron chi connectivity index (χ1n) is 14.3. The van der Waals surface area contributed by atoms with Crippen LogP contribution in [0, 0.1) is 11.8 Å². The van der Waals surface area contributed by atoms with Crippen LogP contribution in [0.5, 0.6) is 0 Å². The average molecular weight is 651 g/mol. The number of hydrogen-bond acceptors (Lipinski definition) is 0. The van der Waals surface area contributed by atoms with Gasteiger partial charge in [0.2, 0.25) is 0 Å². The molecule has 0 atom stereocenters. The molecular weight excluding hydrogens is 599 g/mol. The molecule has 0 bridgehead atoms. The molecule has 0 aromatic heterocycles. The SMILES string of the molecule is CC(C)[CH2][Zr](=[SiH2])([CH2]C(C)C)([C]1=CC=CC1)[c]1c(C(C)(C)C)ccc2c1Cc1cc(C(C)(C)C)ccc1-2.Cl.Cl. The van der Waals surface area contributed by atoms with Crippen LogP contribution in [0.25, 0.3) is 11.1 Å². The van der Waals surface area contributed by atoms with Crippen molar-refractivity contribution in [2.75, 3.05) is 0 Å². The van der Waals surface area contributed by atoms with E-state index in [2.05, 4.69) is 125 Å². The fourth-order valence-corrected chi connectivity index (χ4v) is 40.0. The summed E-state index contributed by atoms with van der Waals surface area (Å²) < 4.78 is 6.50. The maximum absolute atomic E-state index is 3.71. The van der Waals surface area contributed by atoms with Gasteiger partial charge in [-0.1, -0.05) is 0 Å². The first-order chi connectivity index (χ1) is 16.5. The van der Waals surface area contributed by atoms with Crippen LogP contribution in [0.3, 0.4) is 0 Å². The largest absolute Gasteiger partial charge is 0.147 e. The van der Waals surface area contributed by atoms with E-state index in [-0.39, 0.29) is 35.6 Å². The van der Waals surface area contributed by atoms with Gasteiger partial charge in [-0.25, -0.2) is 0 Å². The molecule has 38 heavy (non-hydrogen) atoms. The van der Waals surface area contributed by atoms with Gasteiger partial charge in [0.05, 0.1) is 0 Å². The second-order valence-electron chi connectivity index (χ2n) is 15.0. The summed E-state index contributed by atoms with van der Waals surface area (Å²) in [6.45, 7) is 26.9. The minimum atomic E-state index is -3.71. The first-order valence-corrected chi connectivity index (χ1v) is 26.1. The van der Waals surface area contributed by atoms with Crippen molar-refractivity contribution in [2.45, 2.75) is 101 Å². The van der Waals surface area contributed by atoms with Gasteiger partial charge in [-0.3, -0.25) is 0 Å². The van der Waals surface area contributed by atoms with Gasteiger partial charge in [-0.15, -0.1) is 24.8 Å². The zero-order valence-electron chi connectivity index (χ0n) is 25.6. The van der Waals surface area contributed by atoms with E-state index in [9.17, 15) is 0 Å². The molecule has 0 spiro atoms. The molecule has 0 N–H and O–H groups in total. The van der Waals surface area contributed by atoms with E-state index in [0.717, 1.165) is 6.42 Å². The summed E-state index contributed by atoms with van der Waals surface area (Å²) in [5, 5.41) is 0. The Morgan fingerprint density at radius 3 is 1.87 bits per heavy atom. The van der Waals surface area contributed by atoms with Gasteiger partial charge in [0.1, 0.15) is 0 Å². The summed E-state index contributed by atoms with van der Waals surface area (Å²) in [4.78, 5) is 0. The Morgan fingerprint density at radius 2 is 1.39 bits per heavy atom. The van der Waals surface area contributed by atoms with Crippen LogP contribution < -0.4 is 3.27 Å². The second kappa shape index (κ2) is 11.5. The zero-order chi connectivity index (χ0) is 26.7. The van der Waals surface area contributed by atoms with E-state index in [4.69, 9.17) is 0 Å². The van der Waals surface area contributed by atoms with Crippen LogP contribution in [0.15, 0.2) is 51.8 Å². The van der Waals surface area contributed by atoms with E-state index in [1.807, 2.05) is 6.55 Å². The van der Waals surface area contributed by atoms with Crippen molar-refractivity contribution in [3.05, 3.63) is 74.1 Å². The molecule has 4 rings (SSSR count). The van der Waals surface area contributed by atoms with Gasteiger partial charge >= 0.3 is 226 Å². The zero-order valence-corrected chi connectivity index (χ0v) is 31.1. The predicted molar refractivity (Wildman–Crippen MR) is 176 cm³/mol. The summed E-state index contributed by atoms with van der Waals surface area (Å²) >= 11 is -3.71. The van der Waals surface area contributed by atoms with Crippen LogP contribution in [-0.2, 0) is 34.6 Å². The molecule has 0 saturated heterocycles. The van der Waals surface area contributed by atoms with Crippen LogP contribution >= 0.6 is 24.8 Å². The van der Waals surface area contributed by atoms with Crippen LogP contribution in [0.1, 0.15) is 97.9 Å².